The molecule has 156 valence electrons. The van der Waals surface area contributed by atoms with E-state index in [0.29, 0.717) is 17.5 Å². The Morgan fingerprint density at radius 1 is 0.741 bits per heavy atom. The van der Waals surface area contributed by atoms with E-state index in [1.54, 1.807) is 0 Å². The van der Waals surface area contributed by atoms with Gasteiger partial charge in [-0.3, -0.25) is 9.59 Å². The van der Waals surface area contributed by atoms with Gasteiger partial charge in [-0.05, 0) is 49.4 Å². The summed E-state index contributed by atoms with van der Waals surface area (Å²) in [5.74, 6) is 2.98. The summed E-state index contributed by atoms with van der Waals surface area (Å²) >= 11 is 0. The molecule has 0 aromatic carbocycles. The lowest BCUT2D eigenvalue weighted by Gasteiger charge is -2.40. The van der Waals surface area contributed by atoms with E-state index in [0.717, 1.165) is 69.6 Å². The topological polar surface area (TPSA) is 34.1 Å². The number of hydrogen-bond acceptors (Lipinski definition) is 2. The van der Waals surface area contributed by atoms with Crippen molar-refractivity contribution in [1.82, 2.24) is 0 Å². The zero-order chi connectivity index (χ0) is 19.7. The lowest BCUT2D eigenvalue weighted by molar-refractivity contribution is -0.127. The molecule has 2 heteroatoms. The molecule has 0 aromatic heterocycles. The second kappa shape index (κ2) is 11.4. The molecule has 2 aliphatic rings. The number of ketones is 2. The van der Waals surface area contributed by atoms with Gasteiger partial charge in [-0.15, -0.1) is 0 Å². The second-order valence-corrected chi connectivity index (χ2v) is 10.6. The van der Waals surface area contributed by atoms with Crippen LogP contribution in [0.25, 0.3) is 0 Å². The Balaban J connectivity index is 1.51. The molecule has 2 rings (SSSR count). The molecule has 0 heterocycles. The van der Waals surface area contributed by atoms with Gasteiger partial charge in [0, 0.05) is 25.2 Å². The molecule has 0 N–H and O–H groups in total. The standard InChI is InChI=1S/C25H44O2/c1-25(2,3)19-18-21(26)14-7-5-4-6-8-17-24(27)23-16-11-13-20-12-9-10-15-22(20)23/h20,22-23H,4-19H2,1-3H3. The van der Waals surface area contributed by atoms with Crippen molar-refractivity contribution >= 4 is 11.6 Å². The minimum atomic E-state index is 0.262. The van der Waals surface area contributed by atoms with E-state index >= 15 is 0 Å². The summed E-state index contributed by atoms with van der Waals surface area (Å²) in [6.45, 7) is 6.59. The van der Waals surface area contributed by atoms with Crippen molar-refractivity contribution in [3.63, 3.8) is 0 Å². The Morgan fingerprint density at radius 2 is 1.37 bits per heavy atom. The van der Waals surface area contributed by atoms with Crippen molar-refractivity contribution in [2.75, 3.05) is 0 Å². The molecule has 2 aliphatic carbocycles. The fourth-order valence-corrected chi connectivity index (χ4v) is 5.31. The van der Waals surface area contributed by atoms with E-state index < -0.39 is 0 Å². The molecule has 0 spiro atoms. The molecule has 2 saturated carbocycles. The SMILES string of the molecule is CC(C)(C)CCC(=O)CCCCCCCC(=O)C1CCCC2CCCCC21. The smallest absolute Gasteiger partial charge is 0.136 e. The molecule has 2 nitrogen and oxygen atoms in total. The highest BCUT2D eigenvalue weighted by Crippen LogP contribution is 2.44. The highest BCUT2D eigenvalue weighted by Gasteiger charge is 2.37. The maximum absolute atomic E-state index is 12.7. The van der Waals surface area contributed by atoms with Crippen molar-refractivity contribution in [2.24, 2.45) is 23.2 Å². The third-order valence-electron chi connectivity index (χ3n) is 7.02. The highest BCUT2D eigenvalue weighted by molar-refractivity contribution is 5.81. The number of carbonyl (C=O) groups excluding carboxylic acids is 2. The summed E-state index contributed by atoms with van der Waals surface area (Å²) in [5.41, 5.74) is 0.262. The third kappa shape index (κ3) is 8.48. The van der Waals surface area contributed by atoms with Gasteiger partial charge in [-0.2, -0.15) is 0 Å². The van der Waals surface area contributed by atoms with Gasteiger partial charge in [-0.25, -0.2) is 0 Å². The quantitative estimate of drug-likeness (QED) is 0.355. The number of fused-ring (bicyclic) bond motifs is 1. The Morgan fingerprint density at radius 3 is 2.11 bits per heavy atom. The molecule has 0 amide bonds. The predicted octanol–water partition coefficient (Wildman–Crippen LogP) is 7.29. The number of carbonyl (C=O) groups is 2. The summed E-state index contributed by atoms with van der Waals surface area (Å²) in [6.07, 6.45) is 18.1. The summed E-state index contributed by atoms with van der Waals surface area (Å²) in [5, 5.41) is 0. The van der Waals surface area contributed by atoms with Crippen LogP contribution in [0.4, 0.5) is 0 Å². The first-order valence-corrected chi connectivity index (χ1v) is 11.9. The second-order valence-electron chi connectivity index (χ2n) is 10.6. The minimum absolute atomic E-state index is 0.262. The number of unbranched alkanes of at least 4 members (excludes halogenated alkanes) is 4. The third-order valence-corrected chi connectivity index (χ3v) is 7.02. The molecule has 0 bridgehead atoms. The fraction of sp³-hybridized carbons (Fsp3) is 0.920. The number of hydrogen-bond donors (Lipinski definition) is 0. The molecular weight excluding hydrogens is 332 g/mol. The molecule has 27 heavy (non-hydrogen) atoms. The first-order valence-electron chi connectivity index (χ1n) is 11.9. The van der Waals surface area contributed by atoms with E-state index in [1.807, 2.05) is 0 Å². The van der Waals surface area contributed by atoms with Crippen LogP contribution in [0.3, 0.4) is 0 Å². The number of rotatable bonds is 11. The normalized spacial score (nSPS) is 25.8. The van der Waals surface area contributed by atoms with Gasteiger partial charge in [0.05, 0.1) is 0 Å². The van der Waals surface area contributed by atoms with E-state index in [9.17, 15) is 9.59 Å². The summed E-state index contributed by atoms with van der Waals surface area (Å²) in [7, 11) is 0. The number of Topliss-reactive ketones (excluding diaryl/α,β-unsaturated/α-hetero) is 2. The Kier molecular flexibility index (Phi) is 9.53. The van der Waals surface area contributed by atoms with Crippen molar-refractivity contribution in [2.45, 2.75) is 124 Å². The van der Waals surface area contributed by atoms with E-state index in [4.69, 9.17) is 0 Å². The molecule has 0 saturated heterocycles. The average molecular weight is 377 g/mol. The van der Waals surface area contributed by atoms with Gasteiger partial charge in [0.15, 0.2) is 0 Å². The van der Waals surface area contributed by atoms with Crippen molar-refractivity contribution in [3.8, 4) is 0 Å². The van der Waals surface area contributed by atoms with Gasteiger partial charge in [0.1, 0.15) is 11.6 Å². The summed E-state index contributed by atoms with van der Waals surface area (Å²) in [6, 6.07) is 0. The molecule has 0 radical (unpaired) electrons. The molecule has 3 atom stereocenters. The molecular formula is C25H44O2. The largest absolute Gasteiger partial charge is 0.300 e. The van der Waals surface area contributed by atoms with Crippen LogP contribution in [0.1, 0.15) is 124 Å². The first-order chi connectivity index (χ1) is 12.9. The zero-order valence-corrected chi connectivity index (χ0v) is 18.4. The van der Waals surface area contributed by atoms with Gasteiger partial charge in [0.2, 0.25) is 0 Å². The highest BCUT2D eigenvalue weighted by atomic mass is 16.1. The minimum Gasteiger partial charge on any atom is -0.300 e. The Labute approximate surface area is 168 Å². The first kappa shape index (κ1) is 22.6. The van der Waals surface area contributed by atoms with Crippen LogP contribution in [-0.4, -0.2) is 11.6 Å². The predicted molar refractivity (Wildman–Crippen MR) is 114 cm³/mol. The van der Waals surface area contributed by atoms with Crippen molar-refractivity contribution < 1.29 is 9.59 Å². The average Bonchev–Trinajstić information content (AvgIpc) is 2.64. The lowest BCUT2D eigenvalue weighted by atomic mass is 9.64. The molecule has 0 aliphatic heterocycles. The van der Waals surface area contributed by atoms with Gasteiger partial charge in [-0.1, -0.05) is 72.1 Å². The molecule has 3 unspecified atom stereocenters. The van der Waals surface area contributed by atoms with E-state index in [2.05, 4.69) is 20.8 Å². The lowest BCUT2D eigenvalue weighted by Crippen LogP contribution is -2.35. The summed E-state index contributed by atoms with van der Waals surface area (Å²) in [4.78, 5) is 24.7. The van der Waals surface area contributed by atoms with Crippen LogP contribution >= 0.6 is 0 Å². The zero-order valence-electron chi connectivity index (χ0n) is 18.4. The van der Waals surface area contributed by atoms with Crippen molar-refractivity contribution in [1.29, 1.82) is 0 Å². The monoisotopic (exact) mass is 376 g/mol. The van der Waals surface area contributed by atoms with E-state index in [1.165, 1.54) is 44.9 Å². The van der Waals surface area contributed by atoms with Gasteiger partial charge < -0.3 is 0 Å². The van der Waals surface area contributed by atoms with Crippen LogP contribution in [0.15, 0.2) is 0 Å². The Bertz CT molecular complexity index is 457. The maximum atomic E-state index is 12.7. The van der Waals surface area contributed by atoms with E-state index in [-0.39, 0.29) is 5.41 Å². The fourth-order valence-electron chi connectivity index (χ4n) is 5.31. The van der Waals surface area contributed by atoms with Crippen LogP contribution in [-0.2, 0) is 9.59 Å². The molecule has 0 aromatic rings. The Hall–Kier alpha value is -0.660. The van der Waals surface area contributed by atoms with Crippen molar-refractivity contribution in [3.05, 3.63) is 0 Å². The maximum Gasteiger partial charge on any atom is 0.136 e. The van der Waals surface area contributed by atoms with Crippen LogP contribution in [0.2, 0.25) is 0 Å². The van der Waals surface area contributed by atoms with Crippen LogP contribution < -0.4 is 0 Å². The summed E-state index contributed by atoms with van der Waals surface area (Å²) < 4.78 is 0. The molecule has 2 fully saturated rings. The van der Waals surface area contributed by atoms with Gasteiger partial charge in [0.25, 0.3) is 0 Å². The van der Waals surface area contributed by atoms with Gasteiger partial charge >= 0.3 is 0 Å². The van der Waals surface area contributed by atoms with Crippen LogP contribution in [0.5, 0.6) is 0 Å². The van der Waals surface area contributed by atoms with Crippen LogP contribution in [0, 0.1) is 23.2 Å².